The number of anilines is 1. The molecule has 7 nitrogen and oxygen atoms in total. The Balaban J connectivity index is 1.66. The van der Waals surface area contributed by atoms with Crippen molar-refractivity contribution in [1.82, 2.24) is 19.9 Å². The number of ether oxygens (including phenoxy) is 1. The third-order valence-corrected chi connectivity index (χ3v) is 5.53. The third-order valence-electron chi connectivity index (χ3n) is 5.53. The zero-order valence-electron chi connectivity index (χ0n) is 16.8. The van der Waals surface area contributed by atoms with Crippen molar-refractivity contribution in [2.75, 3.05) is 18.9 Å². The number of aryl methyl sites for hydroxylation is 1. The Bertz CT molecular complexity index is 1240. The van der Waals surface area contributed by atoms with E-state index in [1.54, 1.807) is 4.57 Å². The van der Waals surface area contributed by atoms with Crippen LogP contribution in [0.25, 0.3) is 27.9 Å². The molecule has 1 aliphatic heterocycles. The minimum Gasteiger partial charge on any atom is -0.384 e. The summed E-state index contributed by atoms with van der Waals surface area (Å²) < 4.78 is 7.42. The topological polar surface area (TPSA) is 95.1 Å². The van der Waals surface area contributed by atoms with Gasteiger partial charge in [-0.1, -0.05) is 29.8 Å². The van der Waals surface area contributed by atoms with E-state index < -0.39 is 0 Å². The van der Waals surface area contributed by atoms with Crippen LogP contribution in [0.15, 0.2) is 48.5 Å². The van der Waals surface area contributed by atoms with Crippen LogP contribution in [0.2, 0.25) is 0 Å². The molecule has 3 N–H and O–H groups in total. The fourth-order valence-corrected chi connectivity index (χ4v) is 3.94. The lowest BCUT2D eigenvalue weighted by molar-refractivity contribution is 0.0859. The van der Waals surface area contributed by atoms with E-state index >= 15 is 0 Å². The van der Waals surface area contributed by atoms with Crippen molar-refractivity contribution in [3.8, 4) is 5.69 Å². The van der Waals surface area contributed by atoms with Gasteiger partial charge in [-0.25, -0.2) is 9.97 Å². The van der Waals surface area contributed by atoms with E-state index in [1.807, 2.05) is 55.5 Å². The molecule has 0 radical (unpaired) electrons. The first-order chi connectivity index (χ1) is 14.6. The summed E-state index contributed by atoms with van der Waals surface area (Å²) in [6.45, 7) is 3.22. The number of fused-ring (bicyclic) bond motifs is 2. The van der Waals surface area contributed by atoms with Gasteiger partial charge in [0.2, 0.25) is 0 Å². The summed E-state index contributed by atoms with van der Waals surface area (Å²) in [7, 11) is 0. The number of hydrogen-bond donors (Lipinski definition) is 2. The van der Waals surface area contributed by atoms with Crippen molar-refractivity contribution >= 4 is 33.9 Å². The van der Waals surface area contributed by atoms with E-state index in [0.29, 0.717) is 29.1 Å². The largest absolute Gasteiger partial charge is 0.384 e. The molecule has 1 amide bonds. The van der Waals surface area contributed by atoms with Crippen LogP contribution in [0.3, 0.4) is 0 Å². The van der Waals surface area contributed by atoms with Crippen LogP contribution in [0.5, 0.6) is 0 Å². The molecule has 3 heterocycles. The van der Waals surface area contributed by atoms with Gasteiger partial charge in [-0.05, 0) is 44.0 Å². The van der Waals surface area contributed by atoms with E-state index in [1.165, 1.54) is 0 Å². The molecule has 4 aromatic rings. The van der Waals surface area contributed by atoms with Gasteiger partial charge < -0.3 is 15.8 Å². The van der Waals surface area contributed by atoms with Crippen molar-refractivity contribution < 1.29 is 9.53 Å². The summed E-state index contributed by atoms with van der Waals surface area (Å²) in [6, 6.07) is 15.6. The van der Waals surface area contributed by atoms with Crippen LogP contribution in [-0.2, 0) is 4.74 Å². The minimum absolute atomic E-state index is 0.0486. The Labute approximate surface area is 173 Å². The van der Waals surface area contributed by atoms with Gasteiger partial charge in [0.05, 0.1) is 17.1 Å². The predicted octanol–water partition coefficient (Wildman–Crippen LogP) is 3.37. The first kappa shape index (κ1) is 18.6. The van der Waals surface area contributed by atoms with Gasteiger partial charge in [-0.2, -0.15) is 0 Å². The molecule has 0 aliphatic carbocycles. The number of carbonyl (C=O) groups is 1. The second kappa shape index (κ2) is 7.42. The second-order valence-electron chi connectivity index (χ2n) is 7.66. The second-order valence-corrected chi connectivity index (χ2v) is 7.66. The standard InChI is InChI=1S/C23H23N5O2/c1-14-8-10-15(11-9-14)28-21(24)19(23(29)25-13-16-5-4-12-30-16)20-22(28)27-18-7-3-2-6-17(18)26-20/h2-3,6-11,16H,4-5,12-13,24H2,1H3,(H,25,29)/t16-/m1/s1. The van der Waals surface area contributed by atoms with Crippen LogP contribution in [0.4, 0.5) is 5.82 Å². The smallest absolute Gasteiger partial charge is 0.257 e. The molecule has 7 heteroatoms. The van der Waals surface area contributed by atoms with Gasteiger partial charge in [0.1, 0.15) is 16.9 Å². The van der Waals surface area contributed by atoms with Crippen molar-refractivity contribution in [1.29, 1.82) is 0 Å². The maximum absolute atomic E-state index is 13.1. The molecule has 2 aromatic heterocycles. The molecule has 1 aliphatic rings. The summed E-state index contributed by atoms with van der Waals surface area (Å²) in [6.07, 6.45) is 2.02. The van der Waals surface area contributed by atoms with Crippen LogP contribution in [-0.4, -0.2) is 39.7 Å². The Kier molecular flexibility index (Phi) is 4.59. The molecule has 1 fully saturated rings. The first-order valence-corrected chi connectivity index (χ1v) is 10.2. The van der Waals surface area contributed by atoms with E-state index in [-0.39, 0.29) is 12.0 Å². The van der Waals surface area contributed by atoms with Gasteiger partial charge in [0.25, 0.3) is 5.91 Å². The highest BCUT2D eigenvalue weighted by molar-refractivity contribution is 6.11. The van der Waals surface area contributed by atoms with Crippen LogP contribution in [0.1, 0.15) is 28.8 Å². The fourth-order valence-electron chi connectivity index (χ4n) is 3.94. The van der Waals surface area contributed by atoms with Gasteiger partial charge in [0, 0.05) is 18.8 Å². The van der Waals surface area contributed by atoms with Gasteiger partial charge >= 0.3 is 0 Å². The number of nitrogens with zero attached hydrogens (tertiary/aromatic N) is 3. The summed E-state index contributed by atoms with van der Waals surface area (Å²) in [5.74, 6) is 0.0671. The lowest BCUT2D eigenvalue weighted by atomic mass is 10.2. The highest BCUT2D eigenvalue weighted by atomic mass is 16.5. The first-order valence-electron chi connectivity index (χ1n) is 10.2. The molecule has 1 atom stereocenters. The number of rotatable bonds is 4. The lowest BCUT2D eigenvalue weighted by Gasteiger charge is -2.11. The normalized spacial score (nSPS) is 16.4. The number of carbonyl (C=O) groups excluding carboxylic acids is 1. The van der Waals surface area contributed by atoms with E-state index in [9.17, 15) is 4.79 Å². The number of amides is 1. The average Bonchev–Trinajstić information content (AvgIpc) is 3.37. The molecular weight excluding hydrogens is 378 g/mol. The monoisotopic (exact) mass is 401 g/mol. The number of para-hydroxylation sites is 2. The van der Waals surface area contributed by atoms with Gasteiger partial charge in [0.15, 0.2) is 5.65 Å². The van der Waals surface area contributed by atoms with Crippen LogP contribution in [0, 0.1) is 6.92 Å². The third kappa shape index (κ3) is 3.17. The molecule has 30 heavy (non-hydrogen) atoms. The fraction of sp³-hybridized carbons (Fsp3) is 0.261. The Morgan fingerprint density at radius 3 is 2.60 bits per heavy atom. The number of nitrogen functional groups attached to an aromatic ring is 1. The van der Waals surface area contributed by atoms with Gasteiger partial charge in [-0.3, -0.25) is 9.36 Å². The number of nitrogens with one attached hydrogen (secondary N) is 1. The number of aromatic nitrogens is 3. The quantitative estimate of drug-likeness (QED) is 0.547. The SMILES string of the molecule is Cc1ccc(-n2c(N)c(C(=O)NC[C@H]3CCCO3)c3nc4ccccc4nc32)cc1. The minimum atomic E-state index is -0.261. The molecule has 0 saturated carbocycles. The molecule has 152 valence electrons. The summed E-state index contributed by atoms with van der Waals surface area (Å²) in [5.41, 5.74) is 11.4. The van der Waals surface area contributed by atoms with E-state index in [2.05, 4.69) is 5.32 Å². The van der Waals surface area contributed by atoms with Crippen LogP contribution >= 0.6 is 0 Å². The van der Waals surface area contributed by atoms with Crippen molar-refractivity contribution in [3.63, 3.8) is 0 Å². The molecule has 0 spiro atoms. The predicted molar refractivity (Wildman–Crippen MR) is 117 cm³/mol. The molecule has 5 rings (SSSR count). The molecular formula is C23H23N5O2. The van der Waals surface area contributed by atoms with E-state index in [4.69, 9.17) is 20.4 Å². The van der Waals surface area contributed by atoms with Crippen molar-refractivity contribution in [3.05, 3.63) is 59.7 Å². The Hall–Kier alpha value is -3.45. The summed E-state index contributed by atoms with van der Waals surface area (Å²) >= 11 is 0. The zero-order chi connectivity index (χ0) is 20.7. The maximum atomic E-state index is 13.1. The lowest BCUT2D eigenvalue weighted by Crippen LogP contribution is -2.32. The average molecular weight is 401 g/mol. The molecule has 0 bridgehead atoms. The Morgan fingerprint density at radius 2 is 1.90 bits per heavy atom. The summed E-state index contributed by atoms with van der Waals surface area (Å²) in [5, 5.41) is 2.97. The van der Waals surface area contributed by atoms with E-state index in [0.717, 1.165) is 41.7 Å². The molecule has 1 saturated heterocycles. The zero-order valence-corrected chi connectivity index (χ0v) is 16.8. The summed E-state index contributed by atoms with van der Waals surface area (Å²) in [4.78, 5) is 22.7. The molecule has 0 unspecified atom stereocenters. The Morgan fingerprint density at radius 1 is 1.17 bits per heavy atom. The highest BCUT2D eigenvalue weighted by Gasteiger charge is 2.26. The number of benzene rings is 2. The van der Waals surface area contributed by atoms with Crippen molar-refractivity contribution in [2.45, 2.75) is 25.9 Å². The number of hydrogen-bond acceptors (Lipinski definition) is 5. The maximum Gasteiger partial charge on any atom is 0.257 e. The molecule has 2 aromatic carbocycles. The van der Waals surface area contributed by atoms with Crippen molar-refractivity contribution in [2.24, 2.45) is 0 Å². The number of nitrogens with two attached hydrogens (primary N) is 1. The van der Waals surface area contributed by atoms with Crippen LogP contribution < -0.4 is 11.1 Å². The highest BCUT2D eigenvalue weighted by Crippen LogP contribution is 2.31. The van der Waals surface area contributed by atoms with Gasteiger partial charge in [-0.15, -0.1) is 0 Å².